The van der Waals surface area contributed by atoms with Crippen LogP contribution in [0.15, 0.2) is 42.5 Å². The summed E-state index contributed by atoms with van der Waals surface area (Å²) in [6, 6.07) is 16.1. The van der Waals surface area contributed by atoms with Crippen molar-refractivity contribution < 1.29 is 0 Å². The Labute approximate surface area is 157 Å². The Balaban J connectivity index is 1.52. The standard InChI is InChI=1S/C23H28ClN/c1-17-15-19(10-13-23(17)18-8-11-21(24)12-9-18)20-5-4-14-25(16-20)22-6-2-3-7-22/h8-13,15,20,22H,2-7,14,16H2,1H3. The van der Waals surface area contributed by atoms with E-state index in [0.717, 1.165) is 11.1 Å². The van der Waals surface area contributed by atoms with Gasteiger partial charge < -0.3 is 0 Å². The zero-order valence-electron chi connectivity index (χ0n) is 15.2. The van der Waals surface area contributed by atoms with Crippen molar-refractivity contribution in [3.63, 3.8) is 0 Å². The van der Waals surface area contributed by atoms with Crippen molar-refractivity contribution in [2.24, 2.45) is 0 Å². The van der Waals surface area contributed by atoms with Gasteiger partial charge in [0, 0.05) is 17.6 Å². The van der Waals surface area contributed by atoms with Crippen LogP contribution in [-0.2, 0) is 0 Å². The number of benzene rings is 2. The molecule has 1 heterocycles. The molecule has 2 aliphatic rings. The molecular weight excluding hydrogens is 326 g/mol. The van der Waals surface area contributed by atoms with E-state index >= 15 is 0 Å². The first-order chi connectivity index (χ1) is 12.2. The highest BCUT2D eigenvalue weighted by Gasteiger charge is 2.28. The first kappa shape index (κ1) is 17.1. The molecule has 2 fully saturated rings. The summed E-state index contributed by atoms with van der Waals surface area (Å²) in [4.78, 5) is 2.78. The molecule has 2 heteroatoms. The van der Waals surface area contributed by atoms with E-state index in [4.69, 9.17) is 11.6 Å². The predicted molar refractivity (Wildman–Crippen MR) is 107 cm³/mol. The predicted octanol–water partition coefficient (Wildman–Crippen LogP) is 6.44. The fourth-order valence-corrected chi connectivity index (χ4v) is 4.90. The van der Waals surface area contributed by atoms with Gasteiger partial charge in [-0.05, 0) is 79.5 Å². The molecule has 25 heavy (non-hydrogen) atoms. The second kappa shape index (κ2) is 7.51. The maximum atomic E-state index is 6.03. The van der Waals surface area contributed by atoms with E-state index in [2.05, 4.69) is 42.2 Å². The van der Waals surface area contributed by atoms with Crippen LogP contribution >= 0.6 is 11.6 Å². The Morgan fingerprint density at radius 2 is 1.68 bits per heavy atom. The number of halogens is 1. The molecule has 0 spiro atoms. The lowest BCUT2D eigenvalue weighted by molar-refractivity contribution is 0.150. The van der Waals surface area contributed by atoms with Gasteiger partial charge in [0.15, 0.2) is 0 Å². The highest BCUT2D eigenvalue weighted by atomic mass is 35.5. The largest absolute Gasteiger partial charge is 0.300 e. The van der Waals surface area contributed by atoms with Crippen LogP contribution in [-0.4, -0.2) is 24.0 Å². The van der Waals surface area contributed by atoms with E-state index in [1.165, 1.54) is 73.9 Å². The summed E-state index contributed by atoms with van der Waals surface area (Å²) in [6.45, 7) is 4.80. The first-order valence-electron chi connectivity index (χ1n) is 9.81. The molecule has 1 aliphatic carbocycles. The van der Waals surface area contributed by atoms with Crippen LogP contribution in [0.3, 0.4) is 0 Å². The minimum absolute atomic E-state index is 0.701. The number of aryl methyl sites for hydroxylation is 1. The molecule has 1 saturated heterocycles. The molecule has 0 aromatic heterocycles. The summed E-state index contributed by atoms with van der Waals surface area (Å²) in [5, 5.41) is 0.798. The molecule has 2 aromatic rings. The van der Waals surface area contributed by atoms with Gasteiger partial charge in [-0.1, -0.05) is 54.8 Å². The lowest BCUT2D eigenvalue weighted by Crippen LogP contribution is -2.40. The fraction of sp³-hybridized carbons (Fsp3) is 0.478. The van der Waals surface area contributed by atoms with E-state index in [0.29, 0.717) is 5.92 Å². The Bertz CT molecular complexity index is 715. The highest BCUT2D eigenvalue weighted by molar-refractivity contribution is 6.30. The van der Waals surface area contributed by atoms with Gasteiger partial charge in [0.2, 0.25) is 0 Å². The van der Waals surface area contributed by atoms with E-state index in [1.54, 1.807) is 0 Å². The Morgan fingerprint density at radius 1 is 0.920 bits per heavy atom. The maximum absolute atomic E-state index is 6.03. The number of nitrogens with zero attached hydrogens (tertiary/aromatic N) is 1. The van der Waals surface area contributed by atoms with Crippen LogP contribution in [0.5, 0.6) is 0 Å². The van der Waals surface area contributed by atoms with E-state index in [1.807, 2.05) is 12.1 Å². The van der Waals surface area contributed by atoms with Crippen LogP contribution in [0.1, 0.15) is 55.6 Å². The monoisotopic (exact) mass is 353 g/mol. The normalized spacial score (nSPS) is 22.4. The highest BCUT2D eigenvalue weighted by Crippen LogP contribution is 2.34. The van der Waals surface area contributed by atoms with Gasteiger partial charge in [-0.25, -0.2) is 0 Å². The van der Waals surface area contributed by atoms with Crippen LogP contribution in [0.4, 0.5) is 0 Å². The maximum Gasteiger partial charge on any atom is 0.0406 e. The second-order valence-corrected chi connectivity index (χ2v) is 8.29. The molecule has 0 bridgehead atoms. The van der Waals surface area contributed by atoms with Crippen molar-refractivity contribution >= 4 is 11.6 Å². The van der Waals surface area contributed by atoms with Gasteiger partial charge in [0.1, 0.15) is 0 Å². The third-order valence-electron chi connectivity index (χ3n) is 6.17. The summed E-state index contributed by atoms with van der Waals surface area (Å²) in [5.41, 5.74) is 5.48. The van der Waals surface area contributed by atoms with Gasteiger partial charge >= 0.3 is 0 Å². The molecule has 132 valence electrons. The van der Waals surface area contributed by atoms with Crippen LogP contribution in [0.25, 0.3) is 11.1 Å². The third kappa shape index (κ3) is 3.78. The second-order valence-electron chi connectivity index (χ2n) is 7.85. The van der Waals surface area contributed by atoms with Crippen LogP contribution in [0, 0.1) is 6.92 Å². The molecular formula is C23H28ClN. The quantitative estimate of drug-likeness (QED) is 0.613. The zero-order valence-corrected chi connectivity index (χ0v) is 15.9. The van der Waals surface area contributed by atoms with Crippen molar-refractivity contribution in [1.29, 1.82) is 0 Å². The van der Waals surface area contributed by atoms with Crippen LogP contribution < -0.4 is 0 Å². The number of hydrogen-bond acceptors (Lipinski definition) is 1. The van der Waals surface area contributed by atoms with Gasteiger partial charge in [0.25, 0.3) is 0 Å². The lowest BCUT2D eigenvalue weighted by Gasteiger charge is -2.37. The summed E-state index contributed by atoms with van der Waals surface area (Å²) < 4.78 is 0. The van der Waals surface area contributed by atoms with Gasteiger partial charge in [-0.15, -0.1) is 0 Å². The summed E-state index contributed by atoms with van der Waals surface area (Å²) in [7, 11) is 0. The molecule has 1 nitrogen and oxygen atoms in total. The molecule has 2 aromatic carbocycles. The van der Waals surface area contributed by atoms with Crippen molar-refractivity contribution in [1.82, 2.24) is 4.90 Å². The summed E-state index contributed by atoms with van der Waals surface area (Å²) in [6.07, 6.45) is 8.38. The lowest BCUT2D eigenvalue weighted by atomic mass is 9.87. The molecule has 1 atom stereocenters. The van der Waals surface area contributed by atoms with Crippen molar-refractivity contribution in [3.8, 4) is 11.1 Å². The minimum atomic E-state index is 0.701. The molecule has 1 saturated carbocycles. The number of hydrogen-bond donors (Lipinski definition) is 0. The smallest absolute Gasteiger partial charge is 0.0406 e. The van der Waals surface area contributed by atoms with Gasteiger partial charge in [0.05, 0.1) is 0 Å². The van der Waals surface area contributed by atoms with E-state index in [-0.39, 0.29) is 0 Å². The average Bonchev–Trinajstić information content (AvgIpc) is 3.17. The fourth-order valence-electron chi connectivity index (χ4n) is 4.77. The van der Waals surface area contributed by atoms with Crippen LogP contribution in [0.2, 0.25) is 5.02 Å². The minimum Gasteiger partial charge on any atom is -0.300 e. The molecule has 4 rings (SSSR count). The molecule has 0 radical (unpaired) electrons. The molecule has 1 unspecified atom stereocenters. The average molecular weight is 354 g/mol. The summed E-state index contributed by atoms with van der Waals surface area (Å²) >= 11 is 6.03. The topological polar surface area (TPSA) is 3.24 Å². The summed E-state index contributed by atoms with van der Waals surface area (Å²) in [5.74, 6) is 0.701. The number of likely N-dealkylation sites (tertiary alicyclic amines) is 1. The number of rotatable bonds is 3. The number of piperidine rings is 1. The molecule has 0 amide bonds. The molecule has 0 N–H and O–H groups in total. The first-order valence-corrected chi connectivity index (χ1v) is 10.2. The molecule has 1 aliphatic heterocycles. The zero-order chi connectivity index (χ0) is 17.2. The Hall–Kier alpha value is -1.31. The Kier molecular flexibility index (Phi) is 5.15. The third-order valence-corrected chi connectivity index (χ3v) is 6.42. The Morgan fingerprint density at radius 3 is 2.40 bits per heavy atom. The van der Waals surface area contributed by atoms with Crippen molar-refractivity contribution in [3.05, 3.63) is 58.6 Å². The van der Waals surface area contributed by atoms with Gasteiger partial charge in [-0.2, -0.15) is 0 Å². The van der Waals surface area contributed by atoms with E-state index in [9.17, 15) is 0 Å². The van der Waals surface area contributed by atoms with Gasteiger partial charge in [-0.3, -0.25) is 4.90 Å². The van der Waals surface area contributed by atoms with E-state index < -0.39 is 0 Å². The SMILES string of the molecule is Cc1cc(C2CCCN(C3CCCC3)C2)ccc1-c1ccc(Cl)cc1. The van der Waals surface area contributed by atoms with Crippen molar-refractivity contribution in [2.45, 2.75) is 57.4 Å². The van der Waals surface area contributed by atoms with Crippen molar-refractivity contribution in [2.75, 3.05) is 13.1 Å².